The third-order valence-electron chi connectivity index (χ3n) is 4.11. The Labute approximate surface area is 151 Å². The number of allylic oxidation sites excluding steroid dienone is 4. The largest absolute Gasteiger partial charge is 0.501 e. The molecule has 2 heterocycles. The van der Waals surface area contributed by atoms with E-state index in [2.05, 4.69) is 30.7 Å². The van der Waals surface area contributed by atoms with Crippen molar-refractivity contribution in [3.8, 4) is 0 Å². The van der Waals surface area contributed by atoms with Gasteiger partial charge in [-0.05, 0) is 33.3 Å². The first-order chi connectivity index (χ1) is 11.3. The van der Waals surface area contributed by atoms with Gasteiger partial charge in [-0.15, -0.1) is 0 Å². The van der Waals surface area contributed by atoms with E-state index < -0.39 is 0 Å². The van der Waals surface area contributed by atoms with Crippen LogP contribution in [0.5, 0.6) is 0 Å². The van der Waals surface area contributed by atoms with Crippen molar-refractivity contribution in [3.63, 3.8) is 0 Å². The highest BCUT2D eigenvalue weighted by molar-refractivity contribution is 6.37. The molecule has 0 saturated heterocycles. The van der Waals surface area contributed by atoms with Crippen molar-refractivity contribution in [1.29, 1.82) is 0 Å². The quantitative estimate of drug-likeness (QED) is 0.836. The zero-order valence-corrected chi connectivity index (χ0v) is 15.7. The predicted octanol–water partition coefficient (Wildman–Crippen LogP) is 4.70. The number of methoxy groups -OCH3 is 1. The number of rotatable bonds is 2. The number of hydrogen-bond donors (Lipinski definition) is 1. The molecule has 0 bridgehead atoms. The topological polar surface area (TPSA) is 66.0 Å². The van der Waals surface area contributed by atoms with Gasteiger partial charge in [0.05, 0.1) is 18.3 Å². The zero-order chi connectivity index (χ0) is 17.6. The van der Waals surface area contributed by atoms with Gasteiger partial charge in [0.1, 0.15) is 22.9 Å². The fraction of sp³-hybridized carbons (Fsp3) is 0.412. The molecule has 5 nitrogen and oxygen atoms in total. The Hall–Kier alpha value is -1.72. The van der Waals surface area contributed by atoms with Gasteiger partial charge in [-0.2, -0.15) is 0 Å². The molecule has 0 radical (unpaired) electrons. The Balaban J connectivity index is 2.42. The van der Waals surface area contributed by atoms with Crippen LogP contribution in [-0.2, 0) is 10.3 Å². The smallest absolute Gasteiger partial charge is 0.147 e. The number of nitrogens with two attached hydrogens (primary N) is 1. The van der Waals surface area contributed by atoms with Crippen LogP contribution in [0.25, 0.3) is 16.6 Å². The second-order valence-corrected chi connectivity index (χ2v) is 7.58. The average molecular weight is 367 g/mol. The molecule has 0 atom stereocenters. The zero-order valence-electron chi connectivity index (χ0n) is 14.2. The van der Waals surface area contributed by atoms with Gasteiger partial charge in [-0.3, -0.25) is 0 Å². The minimum atomic E-state index is -0.274. The second-order valence-electron chi connectivity index (χ2n) is 6.76. The van der Waals surface area contributed by atoms with Gasteiger partial charge in [-0.1, -0.05) is 23.2 Å². The molecule has 2 aromatic rings. The summed E-state index contributed by atoms with van der Waals surface area (Å²) in [5.41, 5.74) is 8.17. The highest BCUT2D eigenvalue weighted by Crippen LogP contribution is 2.44. The molecule has 3 rings (SSSR count). The summed E-state index contributed by atoms with van der Waals surface area (Å²) in [6, 6.07) is 0. The van der Waals surface area contributed by atoms with Crippen molar-refractivity contribution in [1.82, 2.24) is 14.5 Å². The van der Waals surface area contributed by atoms with Crippen LogP contribution in [0.4, 0.5) is 5.82 Å². The van der Waals surface area contributed by atoms with Crippen LogP contribution < -0.4 is 5.73 Å². The molecule has 7 heteroatoms. The summed E-state index contributed by atoms with van der Waals surface area (Å²) in [6.45, 7) is 6.19. The minimum Gasteiger partial charge on any atom is -0.501 e. The van der Waals surface area contributed by atoms with E-state index in [1.807, 2.05) is 10.6 Å². The van der Waals surface area contributed by atoms with Crippen molar-refractivity contribution in [2.45, 2.75) is 39.2 Å². The Morgan fingerprint density at radius 3 is 2.54 bits per heavy atom. The van der Waals surface area contributed by atoms with E-state index in [1.165, 1.54) is 6.33 Å². The molecule has 1 aliphatic carbocycles. The second kappa shape index (κ2) is 5.97. The summed E-state index contributed by atoms with van der Waals surface area (Å²) in [7, 11) is 1.65. The normalized spacial score (nSPS) is 15.8. The number of nitrogens with zero attached hydrogens (tertiary/aromatic N) is 3. The first-order valence-corrected chi connectivity index (χ1v) is 8.45. The SMILES string of the molecule is COC1=CC(c2c(Cl)n(C(C)(C)C)c3ncnc(N)c23)=C(Cl)CC1. The van der Waals surface area contributed by atoms with Crippen molar-refractivity contribution < 1.29 is 4.74 Å². The molecule has 0 unspecified atom stereocenters. The van der Waals surface area contributed by atoms with Crippen LogP contribution in [0.2, 0.25) is 5.15 Å². The van der Waals surface area contributed by atoms with E-state index in [0.717, 1.165) is 33.7 Å². The Morgan fingerprint density at radius 1 is 1.21 bits per heavy atom. The Bertz CT molecular complexity index is 875. The first-order valence-electron chi connectivity index (χ1n) is 7.70. The lowest BCUT2D eigenvalue weighted by molar-refractivity contribution is 0.277. The molecule has 128 valence electrons. The monoisotopic (exact) mass is 366 g/mol. The van der Waals surface area contributed by atoms with Crippen LogP contribution in [0.1, 0.15) is 39.2 Å². The fourth-order valence-electron chi connectivity index (χ4n) is 3.01. The van der Waals surface area contributed by atoms with E-state index in [4.69, 9.17) is 33.7 Å². The maximum atomic E-state index is 6.78. The number of aromatic nitrogens is 3. The molecule has 0 fully saturated rings. The van der Waals surface area contributed by atoms with Crippen LogP contribution in [0.15, 0.2) is 23.2 Å². The predicted molar refractivity (Wildman–Crippen MR) is 99.0 cm³/mol. The van der Waals surface area contributed by atoms with Crippen LogP contribution >= 0.6 is 23.2 Å². The van der Waals surface area contributed by atoms with E-state index in [1.54, 1.807) is 7.11 Å². The lowest BCUT2D eigenvalue weighted by atomic mass is 9.98. The molecule has 0 aliphatic heterocycles. The Kier molecular flexibility index (Phi) is 4.26. The molecule has 2 aromatic heterocycles. The molecule has 0 amide bonds. The van der Waals surface area contributed by atoms with Crippen molar-refractivity contribution >= 4 is 45.6 Å². The van der Waals surface area contributed by atoms with Gasteiger partial charge in [-0.25, -0.2) is 9.97 Å². The summed E-state index contributed by atoms with van der Waals surface area (Å²) in [6.07, 6.45) is 4.84. The van der Waals surface area contributed by atoms with Gasteiger partial charge >= 0.3 is 0 Å². The summed E-state index contributed by atoms with van der Waals surface area (Å²) in [5, 5.41) is 2.00. The third kappa shape index (κ3) is 2.66. The maximum Gasteiger partial charge on any atom is 0.147 e. The van der Waals surface area contributed by atoms with Gasteiger partial charge in [0.15, 0.2) is 0 Å². The van der Waals surface area contributed by atoms with Crippen molar-refractivity contribution in [2.24, 2.45) is 0 Å². The molecule has 0 saturated carbocycles. The lowest BCUT2D eigenvalue weighted by Crippen LogP contribution is -2.22. The van der Waals surface area contributed by atoms with Crippen LogP contribution in [0, 0.1) is 0 Å². The molecule has 2 N–H and O–H groups in total. The number of anilines is 1. The fourth-order valence-corrected chi connectivity index (χ4v) is 3.79. The molecule has 0 spiro atoms. The molecular formula is C17H20Cl2N4O. The number of ether oxygens (including phenoxy) is 1. The lowest BCUT2D eigenvalue weighted by Gasteiger charge is -2.23. The molecular weight excluding hydrogens is 347 g/mol. The molecule has 24 heavy (non-hydrogen) atoms. The van der Waals surface area contributed by atoms with Gasteiger partial charge in [0, 0.05) is 28.1 Å². The third-order valence-corrected chi connectivity index (χ3v) is 4.86. The van der Waals surface area contributed by atoms with E-state index >= 15 is 0 Å². The number of halogens is 2. The highest BCUT2D eigenvalue weighted by Gasteiger charge is 2.29. The van der Waals surface area contributed by atoms with Gasteiger partial charge < -0.3 is 15.0 Å². The van der Waals surface area contributed by atoms with Crippen molar-refractivity contribution in [3.05, 3.63) is 33.9 Å². The Morgan fingerprint density at radius 2 is 1.92 bits per heavy atom. The summed E-state index contributed by atoms with van der Waals surface area (Å²) < 4.78 is 7.37. The first kappa shape index (κ1) is 17.1. The highest BCUT2D eigenvalue weighted by atomic mass is 35.5. The van der Waals surface area contributed by atoms with E-state index in [-0.39, 0.29) is 5.54 Å². The van der Waals surface area contributed by atoms with Gasteiger partial charge in [0.2, 0.25) is 0 Å². The van der Waals surface area contributed by atoms with E-state index in [0.29, 0.717) is 23.0 Å². The van der Waals surface area contributed by atoms with Crippen molar-refractivity contribution in [2.75, 3.05) is 12.8 Å². The molecule has 0 aromatic carbocycles. The van der Waals surface area contributed by atoms with E-state index in [9.17, 15) is 0 Å². The number of hydrogen-bond acceptors (Lipinski definition) is 4. The summed E-state index contributed by atoms with van der Waals surface area (Å²) >= 11 is 13.3. The number of fused-ring (bicyclic) bond motifs is 1. The molecule has 1 aliphatic rings. The standard InChI is InChI=1S/C17H20Cl2N4O/c1-17(2,3)23-14(19)12(13-15(20)21-8-22-16(13)23)10-7-9(24-4)5-6-11(10)18/h7-8H,5-6H2,1-4H3,(H2,20,21,22). The number of nitrogen functional groups attached to an aromatic ring is 1. The van der Waals surface area contributed by atoms with Gasteiger partial charge in [0.25, 0.3) is 0 Å². The average Bonchev–Trinajstić information content (AvgIpc) is 2.81. The summed E-state index contributed by atoms with van der Waals surface area (Å²) in [5.74, 6) is 1.24. The maximum absolute atomic E-state index is 6.78. The van der Waals surface area contributed by atoms with Crippen LogP contribution in [0.3, 0.4) is 0 Å². The summed E-state index contributed by atoms with van der Waals surface area (Å²) in [4.78, 5) is 8.56. The minimum absolute atomic E-state index is 0.274. The van der Waals surface area contributed by atoms with Crippen LogP contribution in [-0.4, -0.2) is 21.6 Å².